The molecule has 0 bridgehead atoms. The maximum atomic E-state index is 14.7. The number of ether oxygens (including phenoxy) is 1. The van der Waals surface area contributed by atoms with Crippen LogP contribution in [-0.2, 0) is 19.7 Å². The van der Waals surface area contributed by atoms with Crippen molar-refractivity contribution in [3.05, 3.63) is 51.4 Å². The van der Waals surface area contributed by atoms with E-state index in [0.717, 1.165) is 16.4 Å². The van der Waals surface area contributed by atoms with Gasteiger partial charge in [0.05, 0.1) is 17.3 Å². The van der Waals surface area contributed by atoms with Crippen LogP contribution in [0.3, 0.4) is 0 Å². The molecule has 10 nitrogen and oxygen atoms in total. The first-order valence-corrected chi connectivity index (χ1v) is 14.9. The first-order valence-electron chi connectivity index (χ1n) is 12.4. The minimum atomic E-state index is -4.31. The molecule has 0 saturated carbocycles. The summed E-state index contributed by atoms with van der Waals surface area (Å²) in [6, 6.07) is 5.81. The summed E-state index contributed by atoms with van der Waals surface area (Å²) in [6.45, 7) is 5.33. The number of amides is 2. The lowest BCUT2D eigenvalue weighted by atomic mass is 9.99. The molecule has 15 heteroatoms. The zero-order valence-electron chi connectivity index (χ0n) is 22.1. The number of piperidine rings is 1. The van der Waals surface area contributed by atoms with Crippen LogP contribution in [0.4, 0.5) is 35.0 Å². The van der Waals surface area contributed by atoms with Crippen LogP contribution in [0.15, 0.2) is 30.3 Å². The molecular formula is C25H31F3IN5O5S. The van der Waals surface area contributed by atoms with Gasteiger partial charge >= 0.3 is 16.3 Å². The molecule has 0 aromatic heterocycles. The Labute approximate surface area is 244 Å². The minimum Gasteiger partial charge on any atom is -0.444 e. The number of carbonyl (C=O) groups is 2. The van der Waals surface area contributed by atoms with Crippen LogP contribution < -0.4 is 20.7 Å². The normalized spacial score (nSPS) is 16.2. The molecule has 2 amide bonds. The number of hydrogen-bond donors (Lipinski definition) is 4. The van der Waals surface area contributed by atoms with Crippen molar-refractivity contribution >= 4 is 61.9 Å². The highest BCUT2D eigenvalue weighted by Crippen LogP contribution is 2.33. The summed E-state index contributed by atoms with van der Waals surface area (Å²) < 4.78 is 78.5. The summed E-state index contributed by atoms with van der Waals surface area (Å²) in [5, 5.41) is 7.62. The van der Waals surface area contributed by atoms with E-state index >= 15 is 0 Å². The third-order valence-electron chi connectivity index (χ3n) is 5.71. The summed E-state index contributed by atoms with van der Waals surface area (Å²) in [5.74, 6) is -4.46. The van der Waals surface area contributed by atoms with Crippen molar-refractivity contribution in [2.24, 2.45) is 5.92 Å². The van der Waals surface area contributed by atoms with Gasteiger partial charge in [0.1, 0.15) is 17.1 Å². The lowest BCUT2D eigenvalue weighted by Crippen LogP contribution is -2.48. The Balaban J connectivity index is 1.65. The average Bonchev–Trinajstić information content (AvgIpc) is 2.86. The topological polar surface area (TPSA) is 129 Å². The van der Waals surface area contributed by atoms with Crippen molar-refractivity contribution in [2.75, 3.05) is 36.2 Å². The summed E-state index contributed by atoms with van der Waals surface area (Å²) in [4.78, 5) is 24.4. The number of nitrogens with zero attached hydrogens (tertiary/aromatic N) is 1. The quantitative estimate of drug-likeness (QED) is 0.227. The first-order chi connectivity index (χ1) is 18.7. The maximum Gasteiger partial charge on any atom is 0.407 e. The van der Waals surface area contributed by atoms with E-state index < -0.39 is 56.9 Å². The molecule has 0 radical (unpaired) electrons. The van der Waals surface area contributed by atoms with Gasteiger partial charge < -0.3 is 20.7 Å². The van der Waals surface area contributed by atoms with Crippen molar-refractivity contribution in [1.82, 2.24) is 14.9 Å². The molecule has 1 heterocycles. The third-order valence-corrected chi connectivity index (χ3v) is 7.87. The van der Waals surface area contributed by atoms with Crippen LogP contribution in [0.1, 0.15) is 33.6 Å². The van der Waals surface area contributed by atoms with Gasteiger partial charge in [0, 0.05) is 29.7 Å². The molecule has 2 aromatic rings. The van der Waals surface area contributed by atoms with Gasteiger partial charge in [-0.3, -0.25) is 9.52 Å². The first kappa shape index (κ1) is 31.7. The van der Waals surface area contributed by atoms with Crippen LogP contribution in [-0.4, -0.2) is 56.5 Å². The van der Waals surface area contributed by atoms with Gasteiger partial charge in [-0.2, -0.15) is 12.7 Å². The molecule has 220 valence electrons. The van der Waals surface area contributed by atoms with Crippen molar-refractivity contribution in [2.45, 2.75) is 39.2 Å². The van der Waals surface area contributed by atoms with E-state index in [1.807, 2.05) is 22.6 Å². The molecule has 1 fully saturated rings. The Hall–Kier alpha value is -2.79. The molecule has 1 atom stereocenters. The zero-order valence-corrected chi connectivity index (χ0v) is 25.1. The van der Waals surface area contributed by atoms with E-state index in [4.69, 9.17) is 4.74 Å². The number of halogens is 4. The van der Waals surface area contributed by atoms with Crippen LogP contribution in [0, 0.1) is 26.9 Å². The lowest BCUT2D eigenvalue weighted by Gasteiger charge is -2.31. The monoisotopic (exact) mass is 697 g/mol. The van der Waals surface area contributed by atoms with Gasteiger partial charge in [-0.15, -0.1) is 0 Å². The van der Waals surface area contributed by atoms with Crippen LogP contribution >= 0.6 is 22.6 Å². The second-order valence-corrected chi connectivity index (χ2v) is 13.0. The number of carbonyl (C=O) groups excluding carboxylic acids is 2. The largest absolute Gasteiger partial charge is 0.444 e. The van der Waals surface area contributed by atoms with Crippen LogP contribution in [0.5, 0.6) is 0 Å². The molecule has 1 saturated heterocycles. The van der Waals surface area contributed by atoms with Gasteiger partial charge in [-0.1, -0.05) is 0 Å². The average molecular weight is 698 g/mol. The minimum absolute atomic E-state index is 0.0947. The lowest BCUT2D eigenvalue weighted by molar-refractivity contribution is -0.126. The van der Waals surface area contributed by atoms with Gasteiger partial charge in [-0.25, -0.2) is 18.0 Å². The second kappa shape index (κ2) is 13.2. The summed E-state index contributed by atoms with van der Waals surface area (Å²) in [6.07, 6.45) is 0.187. The van der Waals surface area contributed by atoms with E-state index in [1.54, 1.807) is 26.8 Å². The third kappa shape index (κ3) is 8.86. The van der Waals surface area contributed by atoms with E-state index in [2.05, 4.69) is 20.7 Å². The Kier molecular flexibility index (Phi) is 10.5. The predicted molar refractivity (Wildman–Crippen MR) is 153 cm³/mol. The van der Waals surface area contributed by atoms with E-state index in [0.29, 0.717) is 16.4 Å². The molecule has 1 unspecified atom stereocenters. The smallest absolute Gasteiger partial charge is 0.407 e. The Morgan fingerprint density at radius 2 is 1.73 bits per heavy atom. The van der Waals surface area contributed by atoms with Crippen molar-refractivity contribution in [1.29, 1.82) is 0 Å². The van der Waals surface area contributed by atoms with E-state index in [-0.39, 0.29) is 37.6 Å². The predicted octanol–water partition coefficient (Wildman–Crippen LogP) is 4.46. The summed E-state index contributed by atoms with van der Waals surface area (Å²) >= 11 is 1.89. The van der Waals surface area contributed by atoms with Crippen LogP contribution in [0.2, 0.25) is 0 Å². The standard InChI is InChI=1S/C25H31F3IN5O5S/c1-25(2,3)39-24(36)31-11-10-30-23(35)15-5-4-12-34(14-15)40(37,38)33-20-9-7-17(26)21(28)22(20)32-19-8-6-16(29)13-18(19)27/h6-9,13,15,32-33H,4-5,10-12,14H2,1-3H3,(H,30,35)(H,31,36). The highest BCUT2D eigenvalue weighted by atomic mass is 127. The molecule has 4 N–H and O–H groups in total. The van der Waals surface area contributed by atoms with E-state index in [1.165, 1.54) is 12.1 Å². The van der Waals surface area contributed by atoms with Gasteiger partial charge in [-0.05, 0) is 86.5 Å². The van der Waals surface area contributed by atoms with E-state index in [9.17, 15) is 31.2 Å². The Morgan fingerprint density at radius 1 is 1.05 bits per heavy atom. The highest BCUT2D eigenvalue weighted by molar-refractivity contribution is 14.1. The fraction of sp³-hybridized carbons (Fsp3) is 0.440. The van der Waals surface area contributed by atoms with Gasteiger partial charge in [0.15, 0.2) is 11.6 Å². The SMILES string of the molecule is CC(C)(C)OC(=O)NCCNC(=O)C1CCCN(S(=O)(=O)Nc2ccc(F)c(F)c2Nc2ccc(I)cc2F)C1. The number of anilines is 3. The Bertz CT molecular complexity index is 1360. The number of hydrogen-bond acceptors (Lipinski definition) is 6. The highest BCUT2D eigenvalue weighted by Gasteiger charge is 2.33. The van der Waals surface area contributed by atoms with Crippen LogP contribution in [0.25, 0.3) is 0 Å². The van der Waals surface area contributed by atoms with Gasteiger partial charge in [0.2, 0.25) is 5.91 Å². The molecule has 2 aromatic carbocycles. The molecule has 0 spiro atoms. The Morgan fingerprint density at radius 3 is 2.40 bits per heavy atom. The van der Waals surface area contributed by atoms with Crippen molar-refractivity contribution in [3.63, 3.8) is 0 Å². The fourth-order valence-electron chi connectivity index (χ4n) is 3.87. The second-order valence-electron chi connectivity index (χ2n) is 10.1. The molecule has 1 aliphatic heterocycles. The van der Waals surface area contributed by atoms with Crippen molar-refractivity contribution in [3.8, 4) is 0 Å². The molecule has 0 aliphatic carbocycles. The number of nitrogens with one attached hydrogen (secondary N) is 4. The molecule has 1 aliphatic rings. The maximum absolute atomic E-state index is 14.7. The number of alkyl carbamates (subject to hydrolysis) is 1. The number of rotatable bonds is 9. The molecule has 3 rings (SSSR count). The molecular weight excluding hydrogens is 666 g/mol. The number of benzene rings is 2. The zero-order chi connectivity index (χ0) is 29.7. The van der Waals surface area contributed by atoms with Gasteiger partial charge in [0.25, 0.3) is 0 Å². The summed E-state index contributed by atoms with van der Waals surface area (Å²) in [5.41, 5.74) is -1.77. The van der Waals surface area contributed by atoms with Crippen molar-refractivity contribution < 1.29 is 35.9 Å². The fourth-order valence-corrected chi connectivity index (χ4v) is 5.65. The molecule has 40 heavy (non-hydrogen) atoms. The summed E-state index contributed by atoms with van der Waals surface area (Å²) in [7, 11) is -4.31.